The first-order valence-corrected chi connectivity index (χ1v) is 8.16. The van der Waals surface area contributed by atoms with Crippen molar-refractivity contribution in [1.29, 1.82) is 0 Å². The van der Waals surface area contributed by atoms with Crippen molar-refractivity contribution < 1.29 is 4.79 Å². The molecule has 2 heterocycles. The van der Waals surface area contributed by atoms with E-state index in [2.05, 4.69) is 39.1 Å². The predicted octanol–water partition coefficient (Wildman–Crippen LogP) is 2.92. The average Bonchev–Trinajstić information content (AvgIpc) is 3.20. The largest absolute Gasteiger partial charge is 0.348 e. The number of nitrogens with one attached hydrogen (secondary N) is 1. The number of piperidine rings is 1. The van der Waals surface area contributed by atoms with Crippen LogP contribution in [0.1, 0.15) is 42.5 Å². The SMILES string of the molecule is O=C([C@@H]1C[C@H]1c1ccccc1)N1CCC(c2ncc[nH]2)CC1. The highest BCUT2D eigenvalue weighted by atomic mass is 16.2. The van der Waals surface area contributed by atoms with Gasteiger partial charge in [0, 0.05) is 37.3 Å². The van der Waals surface area contributed by atoms with Crippen molar-refractivity contribution >= 4 is 5.91 Å². The molecule has 114 valence electrons. The van der Waals surface area contributed by atoms with Crippen LogP contribution in [0.2, 0.25) is 0 Å². The van der Waals surface area contributed by atoms with Crippen LogP contribution in [0.3, 0.4) is 0 Å². The molecule has 2 atom stereocenters. The Morgan fingerprint density at radius 2 is 1.95 bits per heavy atom. The summed E-state index contributed by atoms with van der Waals surface area (Å²) in [4.78, 5) is 22.3. The molecule has 1 saturated heterocycles. The van der Waals surface area contributed by atoms with Crippen LogP contribution in [0.25, 0.3) is 0 Å². The molecule has 4 rings (SSSR count). The summed E-state index contributed by atoms with van der Waals surface area (Å²) in [6.45, 7) is 1.73. The molecule has 2 fully saturated rings. The van der Waals surface area contributed by atoms with Crippen LogP contribution in [-0.4, -0.2) is 33.9 Å². The topological polar surface area (TPSA) is 49.0 Å². The highest BCUT2D eigenvalue weighted by molar-refractivity contribution is 5.83. The van der Waals surface area contributed by atoms with Crippen molar-refractivity contribution in [2.75, 3.05) is 13.1 Å². The fourth-order valence-corrected chi connectivity index (χ4v) is 3.65. The van der Waals surface area contributed by atoms with E-state index in [1.165, 1.54) is 5.56 Å². The minimum Gasteiger partial charge on any atom is -0.348 e. The maximum absolute atomic E-state index is 12.6. The fraction of sp³-hybridized carbons (Fsp3) is 0.444. The molecule has 1 aromatic carbocycles. The van der Waals surface area contributed by atoms with Crippen LogP contribution in [0.4, 0.5) is 0 Å². The minimum atomic E-state index is 0.211. The molecule has 0 spiro atoms. The van der Waals surface area contributed by atoms with Crippen LogP contribution >= 0.6 is 0 Å². The minimum absolute atomic E-state index is 0.211. The van der Waals surface area contributed by atoms with E-state index < -0.39 is 0 Å². The number of benzene rings is 1. The van der Waals surface area contributed by atoms with Gasteiger partial charge in [-0.3, -0.25) is 4.79 Å². The van der Waals surface area contributed by atoms with Gasteiger partial charge in [-0.2, -0.15) is 0 Å². The summed E-state index contributed by atoms with van der Waals surface area (Å²) in [5.41, 5.74) is 1.31. The second-order valence-electron chi connectivity index (χ2n) is 6.43. The number of nitrogens with zero attached hydrogens (tertiary/aromatic N) is 2. The Morgan fingerprint density at radius 3 is 2.64 bits per heavy atom. The molecule has 0 bridgehead atoms. The lowest BCUT2D eigenvalue weighted by Gasteiger charge is -2.31. The predicted molar refractivity (Wildman–Crippen MR) is 84.4 cm³/mol. The Morgan fingerprint density at radius 1 is 1.18 bits per heavy atom. The molecule has 1 saturated carbocycles. The van der Waals surface area contributed by atoms with Crippen LogP contribution in [0, 0.1) is 5.92 Å². The molecule has 2 aromatic rings. The van der Waals surface area contributed by atoms with Gasteiger partial charge in [0.2, 0.25) is 5.91 Å². The van der Waals surface area contributed by atoms with E-state index in [0.717, 1.165) is 38.2 Å². The lowest BCUT2D eigenvalue weighted by molar-refractivity contribution is -0.133. The summed E-state index contributed by atoms with van der Waals surface area (Å²) in [7, 11) is 0. The Balaban J connectivity index is 1.34. The molecule has 1 amide bonds. The number of hydrogen-bond acceptors (Lipinski definition) is 2. The van der Waals surface area contributed by atoms with Crippen LogP contribution in [0.5, 0.6) is 0 Å². The van der Waals surface area contributed by atoms with Gasteiger partial charge in [-0.25, -0.2) is 4.98 Å². The van der Waals surface area contributed by atoms with Crippen LogP contribution in [-0.2, 0) is 4.79 Å². The number of H-pyrrole nitrogens is 1. The number of imidazole rings is 1. The summed E-state index contributed by atoms with van der Waals surface area (Å²) in [5, 5.41) is 0. The van der Waals surface area contributed by atoms with E-state index in [1.54, 1.807) is 0 Å². The number of hydrogen-bond donors (Lipinski definition) is 1. The summed E-state index contributed by atoms with van der Waals surface area (Å²) in [5.74, 6) is 2.55. The van der Waals surface area contributed by atoms with E-state index in [-0.39, 0.29) is 5.92 Å². The molecule has 4 nitrogen and oxygen atoms in total. The van der Waals surface area contributed by atoms with Crippen molar-refractivity contribution in [3.8, 4) is 0 Å². The molecule has 1 N–H and O–H groups in total. The quantitative estimate of drug-likeness (QED) is 0.946. The molecule has 2 aliphatic rings. The Hall–Kier alpha value is -2.10. The van der Waals surface area contributed by atoms with Gasteiger partial charge >= 0.3 is 0 Å². The number of rotatable bonds is 3. The van der Waals surface area contributed by atoms with Crippen molar-refractivity contribution in [3.63, 3.8) is 0 Å². The number of amides is 1. The highest BCUT2D eigenvalue weighted by Gasteiger charge is 2.46. The zero-order valence-corrected chi connectivity index (χ0v) is 12.6. The number of aromatic nitrogens is 2. The van der Waals surface area contributed by atoms with E-state index >= 15 is 0 Å². The van der Waals surface area contributed by atoms with Gasteiger partial charge in [0.1, 0.15) is 5.82 Å². The first-order valence-electron chi connectivity index (χ1n) is 8.16. The monoisotopic (exact) mass is 295 g/mol. The highest BCUT2D eigenvalue weighted by Crippen LogP contribution is 2.48. The molecular formula is C18H21N3O. The van der Waals surface area contributed by atoms with Gasteiger partial charge in [-0.15, -0.1) is 0 Å². The van der Waals surface area contributed by atoms with E-state index in [9.17, 15) is 4.79 Å². The molecule has 0 radical (unpaired) electrons. The lowest BCUT2D eigenvalue weighted by atomic mass is 9.95. The molecule has 1 aliphatic carbocycles. The fourth-order valence-electron chi connectivity index (χ4n) is 3.65. The first-order chi connectivity index (χ1) is 10.8. The lowest BCUT2D eigenvalue weighted by Crippen LogP contribution is -2.39. The molecule has 22 heavy (non-hydrogen) atoms. The maximum atomic E-state index is 12.6. The number of carbonyl (C=O) groups excluding carboxylic acids is 1. The Bertz CT molecular complexity index is 630. The zero-order valence-electron chi connectivity index (χ0n) is 12.6. The maximum Gasteiger partial charge on any atom is 0.226 e. The second-order valence-corrected chi connectivity index (χ2v) is 6.43. The molecular weight excluding hydrogens is 274 g/mol. The summed E-state index contributed by atoms with van der Waals surface area (Å²) >= 11 is 0. The van der Waals surface area contributed by atoms with Gasteiger partial charge in [-0.05, 0) is 30.7 Å². The van der Waals surface area contributed by atoms with Gasteiger partial charge < -0.3 is 9.88 Å². The van der Waals surface area contributed by atoms with Crippen LogP contribution < -0.4 is 0 Å². The second kappa shape index (κ2) is 5.59. The number of aromatic amines is 1. The number of likely N-dealkylation sites (tertiary alicyclic amines) is 1. The van der Waals surface area contributed by atoms with Crippen molar-refractivity contribution in [2.45, 2.75) is 31.1 Å². The molecule has 1 aromatic heterocycles. The Kier molecular flexibility index (Phi) is 3.45. The summed E-state index contributed by atoms with van der Waals surface area (Å²) in [6, 6.07) is 10.4. The average molecular weight is 295 g/mol. The molecule has 4 heteroatoms. The van der Waals surface area contributed by atoms with Gasteiger partial charge in [-0.1, -0.05) is 30.3 Å². The first kappa shape index (κ1) is 13.6. The normalized spacial score (nSPS) is 25.2. The third-order valence-corrected chi connectivity index (χ3v) is 5.05. The van der Waals surface area contributed by atoms with Crippen molar-refractivity contribution in [2.24, 2.45) is 5.92 Å². The summed E-state index contributed by atoms with van der Waals surface area (Å²) in [6.07, 6.45) is 6.73. The Labute approximate surface area is 130 Å². The third-order valence-electron chi connectivity index (χ3n) is 5.05. The smallest absolute Gasteiger partial charge is 0.226 e. The molecule has 1 aliphatic heterocycles. The van der Waals surface area contributed by atoms with Crippen LogP contribution in [0.15, 0.2) is 42.7 Å². The molecule has 0 unspecified atom stereocenters. The zero-order chi connectivity index (χ0) is 14.9. The standard InChI is InChI=1S/C18H21N3O/c22-18(16-12-15(16)13-4-2-1-3-5-13)21-10-6-14(7-11-21)17-19-8-9-20-17/h1-5,8-9,14-16H,6-7,10-12H2,(H,19,20)/t15-,16+/m0/s1. The van der Waals surface area contributed by atoms with E-state index in [0.29, 0.717) is 17.7 Å². The summed E-state index contributed by atoms with van der Waals surface area (Å²) < 4.78 is 0. The van der Waals surface area contributed by atoms with Crippen molar-refractivity contribution in [3.05, 3.63) is 54.1 Å². The third kappa shape index (κ3) is 2.54. The van der Waals surface area contributed by atoms with E-state index in [4.69, 9.17) is 0 Å². The van der Waals surface area contributed by atoms with Gasteiger partial charge in [0.15, 0.2) is 0 Å². The van der Waals surface area contributed by atoms with Gasteiger partial charge in [0.25, 0.3) is 0 Å². The van der Waals surface area contributed by atoms with E-state index in [1.807, 2.05) is 18.5 Å². The van der Waals surface area contributed by atoms with Gasteiger partial charge in [0.05, 0.1) is 0 Å². The number of carbonyl (C=O) groups is 1. The van der Waals surface area contributed by atoms with Crippen molar-refractivity contribution in [1.82, 2.24) is 14.9 Å².